The van der Waals surface area contributed by atoms with Gasteiger partial charge in [-0.25, -0.2) is 4.79 Å². The molecule has 1 unspecified atom stereocenters. The summed E-state index contributed by atoms with van der Waals surface area (Å²) in [5.41, 5.74) is 0.483. The van der Waals surface area contributed by atoms with Gasteiger partial charge in [0.05, 0.1) is 11.3 Å². The predicted molar refractivity (Wildman–Crippen MR) is 79.4 cm³/mol. The fourth-order valence-electron chi connectivity index (χ4n) is 1.77. The molecule has 1 aromatic carbocycles. The molecule has 1 atom stereocenters. The smallest absolute Gasteiger partial charge is 0.337 e. The van der Waals surface area contributed by atoms with Crippen LogP contribution in [0.5, 0.6) is 0 Å². The fraction of sp³-hybridized carbons (Fsp3) is 0.357. The van der Waals surface area contributed by atoms with E-state index in [9.17, 15) is 19.5 Å². The third-order valence-corrected chi connectivity index (χ3v) is 2.79. The fourth-order valence-corrected chi connectivity index (χ4v) is 1.77. The number of carboxylic acids is 1. The van der Waals surface area contributed by atoms with Crippen molar-refractivity contribution in [2.24, 2.45) is 5.92 Å². The predicted octanol–water partition coefficient (Wildman–Crippen LogP) is 1.14. The van der Waals surface area contributed by atoms with E-state index in [1.54, 1.807) is 14.0 Å². The van der Waals surface area contributed by atoms with E-state index in [2.05, 4.69) is 16.0 Å². The molecule has 0 saturated carbocycles. The summed E-state index contributed by atoms with van der Waals surface area (Å²) in [7, 11) is 1.73. The van der Waals surface area contributed by atoms with Crippen LogP contribution in [0.15, 0.2) is 18.2 Å². The summed E-state index contributed by atoms with van der Waals surface area (Å²) in [4.78, 5) is 34.2. The average molecular weight is 293 g/mol. The van der Waals surface area contributed by atoms with E-state index in [1.165, 1.54) is 25.1 Å². The molecular formula is C14H19N3O4. The second-order valence-corrected chi connectivity index (χ2v) is 4.69. The van der Waals surface area contributed by atoms with Crippen LogP contribution in [0.2, 0.25) is 0 Å². The Balaban J connectivity index is 2.99. The van der Waals surface area contributed by atoms with Gasteiger partial charge in [0.15, 0.2) is 0 Å². The van der Waals surface area contributed by atoms with E-state index >= 15 is 0 Å². The van der Waals surface area contributed by atoms with Gasteiger partial charge in [0, 0.05) is 25.1 Å². The molecule has 21 heavy (non-hydrogen) atoms. The van der Waals surface area contributed by atoms with Crippen LogP contribution < -0.4 is 16.0 Å². The van der Waals surface area contributed by atoms with Crippen LogP contribution in [-0.4, -0.2) is 36.5 Å². The van der Waals surface area contributed by atoms with Crippen molar-refractivity contribution >= 4 is 29.2 Å². The van der Waals surface area contributed by atoms with Gasteiger partial charge in [-0.05, 0) is 25.2 Å². The van der Waals surface area contributed by atoms with Crippen LogP contribution in [0.1, 0.15) is 24.2 Å². The van der Waals surface area contributed by atoms with Gasteiger partial charge in [-0.2, -0.15) is 0 Å². The van der Waals surface area contributed by atoms with Gasteiger partial charge in [-0.3, -0.25) is 9.59 Å². The number of hydrogen-bond donors (Lipinski definition) is 4. The Labute approximate surface area is 122 Å². The molecule has 7 nitrogen and oxygen atoms in total. The lowest BCUT2D eigenvalue weighted by Crippen LogP contribution is -2.29. The molecule has 0 aliphatic heterocycles. The number of aromatic carboxylic acids is 1. The summed E-state index contributed by atoms with van der Waals surface area (Å²) < 4.78 is 0. The third-order valence-electron chi connectivity index (χ3n) is 2.79. The van der Waals surface area contributed by atoms with E-state index in [0.717, 1.165) is 0 Å². The van der Waals surface area contributed by atoms with Crippen molar-refractivity contribution in [1.29, 1.82) is 0 Å². The largest absolute Gasteiger partial charge is 0.478 e. The number of benzene rings is 1. The molecule has 0 spiro atoms. The van der Waals surface area contributed by atoms with Gasteiger partial charge in [-0.1, -0.05) is 6.92 Å². The Morgan fingerprint density at radius 2 is 1.90 bits per heavy atom. The quantitative estimate of drug-likeness (QED) is 0.629. The van der Waals surface area contributed by atoms with Crippen molar-refractivity contribution in [3.05, 3.63) is 23.8 Å². The summed E-state index contributed by atoms with van der Waals surface area (Å²) in [6.07, 6.45) is 0. The molecule has 0 fully saturated rings. The van der Waals surface area contributed by atoms with Crippen molar-refractivity contribution in [3.8, 4) is 0 Å². The monoisotopic (exact) mass is 293 g/mol. The van der Waals surface area contributed by atoms with Crippen LogP contribution in [0, 0.1) is 5.92 Å². The highest BCUT2D eigenvalue weighted by Crippen LogP contribution is 2.21. The van der Waals surface area contributed by atoms with Crippen LogP contribution in [0.3, 0.4) is 0 Å². The Morgan fingerprint density at radius 1 is 1.24 bits per heavy atom. The Bertz CT molecular complexity index is 557. The molecule has 0 radical (unpaired) electrons. The normalized spacial score (nSPS) is 11.6. The minimum atomic E-state index is -1.18. The highest BCUT2D eigenvalue weighted by Gasteiger charge is 2.17. The number of carbonyl (C=O) groups is 3. The van der Waals surface area contributed by atoms with Gasteiger partial charge in [0.2, 0.25) is 11.8 Å². The molecule has 0 aliphatic carbocycles. The molecule has 114 valence electrons. The number of rotatable bonds is 6. The zero-order valence-electron chi connectivity index (χ0n) is 12.2. The number of anilines is 2. The molecular weight excluding hydrogens is 274 g/mol. The first-order valence-corrected chi connectivity index (χ1v) is 6.45. The lowest BCUT2D eigenvalue weighted by atomic mass is 10.1. The van der Waals surface area contributed by atoms with Crippen molar-refractivity contribution in [2.75, 3.05) is 24.2 Å². The Morgan fingerprint density at radius 3 is 2.43 bits per heavy atom. The molecule has 7 heteroatoms. The zero-order valence-corrected chi connectivity index (χ0v) is 12.2. The van der Waals surface area contributed by atoms with Gasteiger partial charge in [0.25, 0.3) is 0 Å². The van der Waals surface area contributed by atoms with Crippen LogP contribution in [0.4, 0.5) is 11.4 Å². The van der Waals surface area contributed by atoms with Crippen molar-refractivity contribution < 1.29 is 19.5 Å². The molecule has 1 aromatic rings. The number of hydrogen-bond acceptors (Lipinski definition) is 4. The van der Waals surface area contributed by atoms with Crippen molar-refractivity contribution in [3.63, 3.8) is 0 Å². The van der Waals surface area contributed by atoms with Gasteiger partial charge in [0.1, 0.15) is 0 Å². The third kappa shape index (κ3) is 4.88. The molecule has 0 aliphatic rings. The second-order valence-electron chi connectivity index (χ2n) is 4.69. The van der Waals surface area contributed by atoms with Gasteiger partial charge in [-0.15, -0.1) is 0 Å². The van der Waals surface area contributed by atoms with Crippen molar-refractivity contribution in [2.45, 2.75) is 13.8 Å². The van der Waals surface area contributed by atoms with Crippen LogP contribution in [-0.2, 0) is 9.59 Å². The van der Waals surface area contributed by atoms with E-state index in [4.69, 9.17) is 0 Å². The van der Waals surface area contributed by atoms with Gasteiger partial charge < -0.3 is 21.1 Å². The molecule has 0 aromatic heterocycles. The summed E-state index contributed by atoms with van der Waals surface area (Å²) in [5.74, 6) is -2.06. The first kappa shape index (κ1) is 16.6. The molecule has 0 bridgehead atoms. The maximum atomic E-state index is 11.9. The Hall–Kier alpha value is -2.41. The summed E-state index contributed by atoms with van der Waals surface area (Å²) in [5, 5.41) is 17.2. The average Bonchev–Trinajstić information content (AvgIpc) is 2.39. The van der Waals surface area contributed by atoms with E-state index in [-0.39, 0.29) is 29.0 Å². The maximum Gasteiger partial charge on any atom is 0.337 e. The lowest BCUT2D eigenvalue weighted by molar-refractivity contribution is -0.119. The Kier molecular flexibility index (Phi) is 5.86. The first-order chi connectivity index (χ1) is 9.85. The number of carbonyl (C=O) groups excluding carboxylic acids is 2. The molecule has 4 N–H and O–H groups in total. The van der Waals surface area contributed by atoms with Crippen LogP contribution >= 0.6 is 0 Å². The topological polar surface area (TPSA) is 108 Å². The minimum Gasteiger partial charge on any atom is -0.478 e. The van der Waals surface area contributed by atoms with Crippen LogP contribution in [0.25, 0.3) is 0 Å². The first-order valence-electron chi connectivity index (χ1n) is 6.45. The summed E-state index contributed by atoms with van der Waals surface area (Å²) in [6, 6.07) is 4.30. The highest BCUT2D eigenvalue weighted by molar-refractivity contribution is 6.02. The lowest BCUT2D eigenvalue weighted by Gasteiger charge is -2.14. The molecule has 1 rings (SSSR count). The number of nitrogens with one attached hydrogen (secondary N) is 3. The molecule has 2 amide bonds. The highest BCUT2D eigenvalue weighted by atomic mass is 16.4. The zero-order chi connectivity index (χ0) is 16.0. The second kappa shape index (κ2) is 7.39. The van der Waals surface area contributed by atoms with Crippen molar-refractivity contribution in [1.82, 2.24) is 5.32 Å². The van der Waals surface area contributed by atoms with E-state index < -0.39 is 5.97 Å². The van der Waals surface area contributed by atoms with E-state index in [1.807, 2.05) is 0 Å². The SMILES string of the molecule is CNCC(C)C(=O)Nc1ccc(NC(C)=O)cc1C(=O)O. The van der Waals surface area contributed by atoms with Gasteiger partial charge >= 0.3 is 5.97 Å². The molecule has 0 heterocycles. The summed E-state index contributed by atoms with van der Waals surface area (Å²) >= 11 is 0. The maximum absolute atomic E-state index is 11.9. The summed E-state index contributed by atoms with van der Waals surface area (Å²) in [6.45, 7) is 3.55. The standard InChI is InChI=1S/C14H19N3O4/c1-8(7-15-3)13(19)17-12-5-4-10(16-9(2)18)6-11(12)14(20)21/h4-6,8,15H,7H2,1-3H3,(H,16,18)(H,17,19)(H,20,21). The molecule has 0 saturated heterocycles. The van der Waals surface area contributed by atoms with E-state index in [0.29, 0.717) is 12.2 Å². The number of carboxylic acid groups (broad SMARTS) is 1. The number of amides is 2. The minimum absolute atomic E-state index is 0.0775.